The molecule has 45 heavy (non-hydrogen) atoms. The van der Waals surface area contributed by atoms with Crippen LogP contribution in [-0.4, -0.2) is 75.0 Å². The molecule has 1 saturated heterocycles. The van der Waals surface area contributed by atoms with Crippen molar-refractivity contribution in [2.45, 2.75) is 13.0 Å². The van der Waals surface area contributed by atoms with Gasteiger partial charge in [-0.3, -0.25) is 14.4 Å². The second-order valence-corrected chi connectivity index (χ2v) is 10.5. The van der Waals surface area contributed by atoms with E-state index in [-0.39, 0.29) is 5.91 Å². The maximum Gasteiger partial charge on any atom is 0.247 e. The summed E-state index contributed by atoms with van der Waals surface area (Å²) < 4.78 is 13.4. The van der Waals surface area contributed by atoms with E-state index in [1.165, 1.54) is 18.0 Å². The number of ether oxygens (including phenoxy) is 2. The van der Waals surface area contributed by atoms with Gasteiger partial charge in [-0.05, 0) is 54.5 Å². The fraction of sp³-hybridized carbons (Fsp3) is 0.242. The van der Waals surface area contributed by atoms with Gasteiger partial charge in [0.2, 0.25) is 17.8 Å². The number of nitrogens with one attached hydrogen (secondary N) is 3. The normalized spacial score (nSPS) is 13.3. The summed E-state index contributed by atoms with van der Waals surface area (Å²) in [6, 6.07) is 21.7. The van der Waals surface area contributed by atoms with Crippen LogP contribution < -0.4 is 20.7 Å². The van der Waals surface area contributed by atoms with Crippen LogP contribution in [0.3, 0.4) is 0 Å². The molecule has 1 amide bonds. The minimum absolute atomic E-state index is 0.334. The molecule has 0 spiro atoms. The van der Waals surface area contributed by atoms with Gasteiger partial charge in [0.15, 0.2) is 0 Å². The zero-order chi connectivity index (χ0) is 30.8. The van der Waals surface area contributed by atoms with E-state index in [2.05, 4.69) is 59.6 Å². The Morgan fingerprint density at radius 1 is 0.978 bits per heavy atom. The highest BCUT2D eigenvalue weighted by atomic mass is 16.5. The number of aromatic nitrogens is 5. The van der Waals surface area contributed by atoms with Gasteiger partial charge in [0.25, 0.3) is 0 Å². The van der Waals surface area contributed by atoms with E-state index in [0.29, 0.717) is 42.2 Å². The third-order valence-corrected chi connectivity index (χ3v) is 7.30. The molecule has 0 atom stereocenters. The quantitative estimate of drug-likeness (QED) is 0.125. The molecule has 230 valence electrons. The van der Waals surface area contributed by atoms with Crippen LogP contribution in [0.4, 0.5) is 29.0 Å². The van der Waals surface area contributed by atoms with Gasteiger partial charge < -0.3 is 25.4 Å². The standard InChI is InChI=1S/C33H35N9O3/c1-2-31(43)39-28-20-27(10-12-30(28)45-16-6-13-41-14-17-44-18-15-41)38-33-35-23-34-32(40-33)37-26-9-11-29-25(19-26)21-36-42(29)22-24-7-4-3-5-8-24/h2-5,7-12,19-21,23H,1,6,13-18,22H2,(H,39,43)(H2,34,35,37,38,40). The lowest BCUT2D eigenvalue weighted by Gasteiger charge is -2.26. The Labute approximate surface area is 261 Å². The summed E-state index contributed by atoms with van der Waals surface area (Å²) in [5.74, 6) is 0.950. The summed E-state index contributed by atoms with van der Waals surface area (Å²) in [6.07, 6.45) is 5.36. The van der Waals surface area contributed by atoms with Gasteiger partial charge in [0, 0.05) is 36.4 Å². The van der Waals surface area contributed by atoms with Crippen LogP contribution in [-0.2, 0) is 16.1 Å². The van der Waals surface area contributed by atoms with Crippen LogP contribution in [0.25, 0.3) is 10.9 Å². The molecular formula is C33H35N9O3. The van der Waals surface area contributed by atoms with Crippen LogP contribution in [0, 0.1) is 0 Å². The highest BCUT2D eigenvalue weighted by Gasteiger charge is 2.12. The van der Waals surface area contributed by atoms with Gasteiger partial charge in [0.1, 0.15) is 12.1 Å². The summed E-state index contributed by atoms with van der Waals surface area (Å²) >= 11 is 0. The molecule has 1 aliphatic rings. The first-order valence-electron chi connectivity index (χ1n) is 14.9. The largest absolute Gasteiger partial charge is 0.491 e. The van der Waals surface area contributed by atoms with Crippen LogP contribution in [0.1, 0.15) is 12.0 Å². The van der Waals surface area contributed by atoms with E-state index in [1.807, 2.05) is 59.4 Å². The van der Waals surface area contributed by atoms with Crippen molar-refractivity contribution in [2.75, 3.05) is 55.4 Å². The number of fused-ring (bicyclic) bond motifs is 1. The average molecular weight is 606 g/mol. The van der Waals surface area contributed by atoms with Crippen LogP contribution in [0.5, 0.6) is 5.75 Å². The molecule has 3 N–H and O–H groups in total. The second kappa shape index (κ2) is 14.4. The fourth-order valence-electron chi connectivity index (χ4n) is 5.03. The Morgan fingerprint density at radius 2 is 1.73 bits per heavy atom. The van der Waals surface area contributed by atoms with Crippen molar-refractivity contribution in [3.05, 3.63) is 97.5 Å². The predicted molar refractivity (Wildman–Crippen MR) is 174 cm³/mol. The molecule has 1 aliphatic heterocycles. The summed E-state index contributed by atoms with van der Waals surface area (Å²) in [6.45, 7) is 9.11. The molecule has 6 rings (SSSR count). The molecule has 2 aromatic heterocycles. The molecule has 5 aromatic rings. The van der Waals surface area contributed by atoms with Gasteiger partial charge in [-0.15, -0.1) is 0 Å². The first-order valence-corrected chi connectivity index (χ1v) is 14.9. The number of morpholine rings is 1. The first kappa shape index (κ1) is 29.7. The Balaban J connectivity index is 1.10. The molecule has 0 radical (unpaired) electrons. The highest BCUT2D eigenvalue weighted by Crippen LogP contribution is 2.30. The Hall–Kier alpha value is -5.33. The topological polar surface area (TPSA) is 131 Å². The van der Waals surface area contributed by atoms with Crippen molar-refractivity contribution in [2.24, 2.45) is 0 Å². The van der Waals surface area contributed by atoms with Crippen molar-refractivity contribution >= 4 is 45.8 Å². The van der Waals surface area contributed by atoms with E-state index in [0.717, 1.165) is 55.9 Å². The maximum atomic E-state index is 12.2. The van der Waals surface area contributed by atoms with Crippen LogP contribution in [0.2, 0.25) is 0 Å². The Morgan fingerprint density at radius 3 is 2.51 bits per heavy atom. The van der Waals surface area contributed by atoms with Crippen molar-refractivity contribution in [1.29, 1.82) is 0 Å². The van der Waals surface area contributed by atoms with Gasteiger partial charge in [-0.1, -0.05) is 36.9 Å². The summed E-state index contributed by atoms with van der Waals surface area (Å²) in [5, 5.41) is 14.8. The Kier molecular flexibility index (Phi) is 9.53. The lowest BCUT2D eigenvalue weighted by Crippen LogP contribution is -2.37. The van der Waals surface area contributed by atoms with Gasteiger partial charge in [0.05, 0.1) is 43.8 Å². The molecule has 3 heterocycles. The number of nitrogens with zero attached hydrogens (tertiary/aromatic N) is 6. The van der Waals surface area contributed by atoms with E-state index in [1.54, 1.807) is 6.07 Å². The minimum Gasteiger partial charge on any atom is -0.491 e. The number of hydrogen-bond acceptors (Lipinski definition) is 10. The van der Waals surface area contributed by atoms with E-state index in [4.69, 9.17) is 9.47 Å². The molecular weight excluding hydrogens is 570 g/mol. The molecule has 3 aromatic carbocycles. The summed E-state index contributed by atoms with van der Waals surface area (Å²) in [5.41, 5.74) is 4.23. The lowest BCUT2D eigenvalue weighted by molar-refractivity contribution is -0.111. The fourth-order valence-corrected chi connectivity index (χ4v) is 5.03. The molecule has 1 fully saturated rings. The molecule has 12 nitrogen and oxygen atoms in total. The van der Waals surface area contributed by atoms with Gasteiger partial charge >= 0.3 is 0 Å². The van der Waals surface area contributed by atoms with Crippen molar-refractivity contribution in [1.82, 2.24) is 29.6 Å². The SMILES string of the molecule is C=CC(=O)Nc1cc(Nc2ncnc(Nc3ccc4c(cnn4Cc4ccccc4)c3)n2)ccc1OCCCN1CCOCC1. The number of carbonyl (C=O) groups is 1. The molecule has 12 heteroatoms. The van der Waals surface area contributed by atoms with Crippen LogP contribution >= 0.6 is 0 Å². The van der Waals surface area contributed by atoms with Gasteiger partial charge in [-0.2, -0.15) is 10.1 Å². The van der Waals surface area contributed by atoms with Crippen molar-refractivity contribution in [3.63, 3.8) is 0 Å². The summed E-state index contributed by atoms with van der Waals surface area (Å²) in [7, 11) is 0. The third kappa shape index (κ3) is 7.99. The molecule has 0 bridgehead atoms. The smallest absolute Gasteiger partial charge is 0.247 e. The van der Waals surface area contributed by atoms with E-state index >= 15 is 0 Å². The van der Waals surface area contributed by atoms with E-state index in [9.17, 15) is 4.79 Å². The Bertz CT molecular complexity index is 1750. The van der Waals surface area contributed by atoms with E-state index < -0.39 is 0 Å². The summed E-state index contributed by atoms with van der Waals surface area (Å²) in [4.78, 5) is 27.6. The maximum absolute atomic E-state index is 12.2. The monoisotopic (exact) mass is 605 g/mol. The van der Waals surface area contributed by atoms with Crippen LogP contribution in [0.15, 0.2) is 91.9 Å². The highest BCUT2D eigenvalue weighted by molar-refractivity contribution is 6.00. The van der Waals surface area contributed by atoms with Gasteiger partial charge in [-0.25, -0.2) is 9.97 Å². The lowest BCUT2D eigenvalue weighted by atomic mass is 10.2. The van der Waals surface area contributed by atoms with Crippen molar-refractivity contribution < 1.29 is 14.3 Å². The first-order chi connectivity index (χ1) is 22.1. The number of hydrogen-bond donors (Lipinski definition) is 3. The number of amides is 1. The number of anilines is 5. The molecule has 0 aliphatic carbocycles. The average Bonchev–Trinajstić information content (AvgIpc) is 3.46. The molecule has 0 unspecified atom stereocenters. The minimum atomic E-state index is -0.334. The molecule has 0 saturated carbocycles. The zero-order valence-electron chi connectivity index (χ0n) is 24.9. The number of rotatable bonds is 13. The number of benzene rings is 3. The third-order valence-electron chi connectivity index (χ3n) is 7.30. The van der Waals surface area contributed by atoms with Crippen molar-refractivity contribution in [3.8, 4) is 5.75 Å². The second-order valence-electron chi connectivity index (χ2n) is 10.5. The number of carbonyl (C=O) groups excluding carboxylic acids is 1. The predicted octanol–water partition coefficient (Wildman–Crippen LogP) is 4.98. The zero-order valence-corrected chi connectivity index (χ0v) is 24.9.